The molecule has 0 radical (unpaired) electrons. The average molecular weight is 536 g/mol. The summed E-state index contributed by atoms with van der Waals surface area (Å²) in [6.07, 6.45) is 3.32. The molecule has 2 aromatic heterocycles. The maximum Gasteiger partial charge on any atom is 0.257 e. The molecule has 0 unspecified atom stereocenters. The molecule has 2 saturated heterocycles. The number of piperidine rings is 1. The number of halogens is 1. The van der Waals surface area contributed by atoms with Crippen LogP contribution in [0, 0.1) is 5.92 Å². The fourth-order valence-electron chi connectivity index (χ4n) is 4.60. The zero-order chi connectivity index (χ0) is 26.7. The standard InChI is InChI=1S/C24H34FN7O4S/c1-15(2)28-19-9-22(27-10-17(19)23(33)32-11-16(12-32)14-37(4,34)35)29-21-5-7-26-24(30-21)31-8-6-20(36-3)18(25)13-31/h5,7,9-10,15-16,18,20H,6,8,11-14H2,1-4H3,(H2,26,27,28,29,30)/t18-,20+/m1/s1. The van der Waals surface area contributed by atoms with Crippen LogP contribution >= 0.6 is 0 Å². The predicted molar refractivity (Wildman–Crippen MR) is 140 cm³/mol. The van der Waals surface area contributed by atoms with Gasteiger partial charge in [-0.25, -0.2) is 22.8 Å². The van der Waals surface area contributed by atoms with Gasteiger partial charge >= 0.3 is 0 Å². The van der Waals surface area contributed by atoms with Crippen LogP contribution in [0.1, 0.15) is 30.6 Å². The first kappa shape index (κ1) is 27.0. The number of aromatic nitrogens is 3. The number of likely N-dealkylation sites (tertiary alicyclic amines) is 1. The van der Waals surface area contributed by atoms with Crippen molar-refractivity contribution in [2.45, 2.75) is 38.6 Å². The second-order valence-corrected chi connectivity index (χ2v) is 12.2. The summed E-state index contributed by atoms with van der Waals surface area (Å²) in [5.74, 6) is 1.21. The molecule has 2 aromatic rings. The van der Waals surface area contributed by atoms with E-state index in [9.17, 15) is 17.6 Å². The lowest BCUT2D eigenvalue weighted by atomic mass is 10.0. The van der Waals surface area contributed by atoms with Crippen LogP contribution in [0.15, 0.2) is 24.5 Å². The normalized spacial score (nSPS) is 20.6. The second kappa shape index (κ2) is 11.1. The Balaban J connectivity index is 1.47. The van der Waals surface area contributed by atoms with Gasteiger partial charge in [0.1, 0.15) is 27.6 Å². The quantitative estimate of drug-likeness (QED) is 0.492. The van der Waals surface area contributed by atoms with Crippen LogP contribution in [0.3, 0.4) is 0 Å². The summed E-state index contributed by atoms with van der Waals surface area (Å²) in [6.45, 7) is 5.48. The molecule has 2 N–H and O–H groups in total. The minimum absolute atomic E-state index is 0.0470. The Morgan fingerprint density at radius 2 is 2.00 bits per heavy atom. The molecule has 0 aliphatic carbocycles. The number of rotatable bonds is 9. The Morgan fingerprint density at radius 3 is 2.65 bits per heavy atom. The third-order valence-electron chi connectivity index (χ3n) is 6.33. The molecule has 2 fully saturated rings. The van der Waals surface area contributed by atoms with E-state index in [4.69, 9.17) is 4.74 Å². The Morgan fingerprint density at radius 1 is 1.24 bits per heavy atom. The fraction of sp³-hybridized carbons (Fsp3) is 0.583. The number of anilines is 4. The van der Waals surface area contributed by atoms with Crippen molar-refractivity contribution in [3.8, 4) is 0 Å². The lowest BCUT2D eigenvalue weighted by molar-refractivity contribution is 0.0194. The number of pyridine rings is 1. The molecule has 2 aliphatic rings. The summed E-state index contributed by atoms with van der Waals surface area (Å²) in [6, 6.07) is 3.49. The largest absolute Gasteiger partial charge is 0.382 e. The van der Waals surface area contributed by atoms with E-state index in [0.29, 0.717) is 54.9 Å². The SMILES string of the molecule is CO[C@H]1CCN(c2nccc(Nc3cc(NC(C)C)c(C(=O)N4CC(CS(C)(=O)=O)C4)cn3)n2)C[C@H]1F. The number of ether oxygens (including phenoxy) is 1. The molecule has 11 nitrogen and oxygen atoms in total. The molecule has 1 amide bonds. The van der Waals surface area contributed by atoms with Crippen molar-refractivity contribution in [3.63, 3.8) is 0 Å². The summed E-state index contributed by atoms with van der Waals surface area (Å²) in [4.78, 5) is 29.8. The highest BCUT2D eigenvalue weighted by Crippen LogP contribution is 2.27. The monoisotopic (exact) mass is 535 g/mol. The molecule has 2 atom stereocenters. The minimum Gasteiger partial charge on any atom is -0.382 e. The molecule has 4 heterocycles. The molecule has 13 heteroatoms. The van der Waals surface area contributed by atoms with E-state index in [2.05, 4.69) is 25.6 Å². The molecule has 4 rings (SSSR count). The van der Waals surface area contributed by atoms with Crippen molar-refractivity contribution in [1.82, 2.24) is 19.9 Å². The van der Waals surface area contributed by atoms with Crippen LogP contribution in [0.5, 0.6) is 0 Å². The van der Waals surface area contributed by atoms with Crippen LogP contribution in [0.4, 0.5) is 27.7 Å². The van der Waals surface area contributed by atoms with Crippen LogP contribution in [0.2, 0.25) is 0 Å². The summed E-state index contributed by atoms with van der Waals surface area (Å²) in [5, 5.41) is 6.44. The Kier molecular flexibility index (Phi) is 8.12. The fourth-order valence-corrected chi connectivity index (χ4v) is 5.66. The highest BCUT2D eigenvalue weighted by Gasteiger charge is 2.34. The molecular weight excluding hydrogens is 501 g/mol. The third kappa shape index (κ3) is 6.83. The lowest BCUT2D eigenvalue weighted by Crippen LogP contribution is -2.52. The van der Waals surface area contributed by atoms with E-state index in [1.54, 1.807) is 28.1 Å². The molecule has 37 heavy (non-hydrogen) atoms. The van der Waals surface area contributed by atoms with Crippen molar-refractivity contribution < 1.29 is 22.3 Å². The number of nitrogens with one attached hydrogen (secondary N) is 2. The first-order chi connectivity index (χ1) is 17.5. The molecule has 0 bridgehead atoms. The first-order valence-corrected chi connectivity index (χ1v) is 14.3. The number of carbonyl (C=O) groups is 1. The van der Waals surface area contributed by atoms with Crippen molar-refractivity contribution in [2.75, 3.05) is 60.8 Å². The smallest absolute Gasteiger partial charge is 0.257 e. The number of amides is 1. The van der Waals surface area contributed by atoms with Crippen LogP contribution in [0.25, 0.3) is 0 Å². The third-order valence-corrected chi connectivity index (χ3v) is 7.40. The summed E-state index contributed by atoms with van der Waals surface area (Å²) in [5.41, 5.74) is 1.02. The van der Waals surface area contributed by atoms with Crippen LogP contribution in [-0.4, -0.2) is 97.8 Å². The summed E-state index contributed by atoms with van der Waals surface area (Å²) in [7, 11) is -1.57. The van der Waals surface area contributed by atoms with E-state index in [1.165, 1.54) is 19.6 Å². The Labute approximate surface area is 216 Å². The highest BCUT2D eigenvalue weighted by molar-refractivity contribution is 7.90. The van der Waals surface area contributed by atoms with E-state index in [0.717, 1.165) is 0 Å². The predicted octanol–water partition coefficient (Wildman–Crippen LogP) is 2.12. The zero-order valence-electron chi connectivity index (χ0n) is 21.5. The average Bonchev–Trinajstić information content (AvgIpc) is 2.80. The van der Waals surface area contributed by atoms with Gasteiger partial charge in [0.05, 0.1) is 29.7 Å². The van der Waals surface area contributed by atoms with Gasteiger partial charge in [0.25, 0.3) is 5.91 Å². The summed E-state index contributed by atoms with van der Waals surface area (Å²) >= 11 is 0. The van der Waals surface area contributed by atoms with Crippen LogP contribution in [-0.2, 0) is 14.6 Å². The van der Waals surface area contributed by atoms with E-state index < -0.39 is 22.1 Å². The van der Waals surface area contributed by atoms with Crippen molar-refractivity contribution in [3.05, 3.63) is 30.1 Å². The van der Waals surface area contributed by atoms with Gasteiger partial charge in [0, 0.05) is 63.4 Å². The van der Waals surface area contributed by atoms with Crippen molar-refractivity contribution in [2.24, 2.45) is 5.92 Å². The second-order valence-electron chi connectivity index (χ2n) is 9.97. The number of carbonyl (C=O) groups excluding carboxylic acids is 1. The first-order valence-electron chi connectivity index (χ1n) is 12.3. The number of methoxy groups -OCH3 is 1. The van der Waals surface area contributed by atoms with Gasteiger partial charge in [-0.05, 0) is 26.3 Å². The molecule has 2 aliphatic heterocycles. The summed E-state index contributed by atoms with van der Waals surface area (Å²) < 4.78 is 42.6. The molecule has 202 valence electrons. The number of hydrogen-bond donors (Lipinski definition) is 2. The van der Waals surface area contributed by atoms with Gasteiger partial charge in [0.2, 0.25) is 5.95 Å². The Hall–Kier alpha value is -3.06. The number of nitrogens with zero attached hydrogens (tertiary/aromatic N) is 5. The minimum atomic E-state index is -3.08. The molecule has 0 aromatic carbocycles. The highest BCUT2D eigenvalue weighted by atomic mass is 32.2. The molecule has 0 spiro atoms. The Bertz CT molecular complexity index is 1220. The van der Waals surface area contributed by atoms with Gasteiger partial charge in [-0.1, -0.05) is 0 Å². The van der Waals surface area contributed by atoms with Gasteiger partial charge < -0.3 is 25.2 Å². The molecule has 0 saturated carbocycles. The zero-order valence-corrected chi connectivity index (χ0v) is 22.3. The lowest BCUT2D eigenvalue weighted by Gasteiger charge is -2.39. The van der Waals surface area contributed by atoms with E-state index in [1.807, 2.05) is 13.8 Å². The maximum atomic E-state index is 14.4. The number of sulfone groups is 1. The van der Waals surface area contributed by atoms with Gasteiger partial charge in [-0.2, -0.15) is 4.98 Å². The maximum absolute atomic E-state index is 14.4. The van der Waals surface area contributed by atoms with Crippen molar-refractivity contribution in [1.29, 1.82) is 0 Å². The van der Waals surface area contributed by atoms with Crippen LogP contribution < -0.4 is 15.5 Å². The van der Waals surface area contributed by atoms with E-state index >= 15 is 0 Å². The molecular formula is C24H34FN7O4S. The topological polar surface area (TPSA) is 130 Å². The van der Waals surface area contributed by atoms with Crippen molar-refractivity contribution >= 4 is 39.0 Å². The van der Waals surface area contributed by atoms with E-state index in [-0.39, 0.29) is 30.2 Å². The van der Waals surface area contributed by atoms with Gasteiger partial charge in [-0.15, -0.1) is 0 Å². The number of alkyl halides is 1. The van der Waals surface area contributed by atoms with Gasteiger partial charge in [-0.3, -0.25) is 4.79 Å². The number of hydrogen-bond acceptors (Lipinski definition) is 10. The van der Waals surface area contributed by atoms with Gasteiger partial charge in [0.15, 0.2) is 0 Å².